The van der Waals surface area contributed by atoms with Gasteiger partial charge in [0, 0.05) is 30.5 Å². The zero-order valence-corrected chi connectivity index (χ0v) is 17.9. The number of nitrogens with zero attached hydrogens (tertiary/aromatic N) is 1. The SMILES string of the molecule is CSCC[C@H](NC(=O)c1ccccc1Br)C(=O)NCCC(=O)N1CCCC1. The minimum absolute atomic E-state index is 0.0747. The van der Waals surface area contributed by atoms with Crippen LogP contribution in [0.1, 0.15) is 36.0 Å². The van der Waals surface area contributed by atoms with Crippen LogP contribution in [0.25, 0.3) is 0 Å². The van der Waals surface area contributed by atoms with Crippen molar-refractivity contribution in [1.29, 1.82) is 0 Å². The lowest BCUT2D eigenvalue weighted by molar-refractivity contribution is -0.130. The van der Waals surface area contributed by atoms with E-state index in [0.717, 1.165) is 31.7 Å². The third kappa shape index (κ3) is 6.84. The summed E-state index contributed by atoms with van der Waals surface area (Å²) in [7, 11) is 0. The molecule has 0 saturated carbocycles. The number of hydrogen-bond donors (Lipinski definition) is 2. The number of hydrogen-bond acceptors (Lipinski definition) is 4. The van der Waals surface area contributed by atoms with E-state index in [9.17, 15) is 14.4 Å². The molecule has 0 aromatic heterocycles. The maximum absolute atomic E-state index is 12.5. The van der Waals surface area contributed by atoms with Crippen molar-refractivity contribution in [1.82, 2.24) is 15.5 Å². The minimum Gasteiger partial charge on any atom is -0.354 e. The second kappa shape index (κ2) is 11.3. The third-order valence-electron chi connectivity index (χ3n) is 4.45. The van der Waals surface area contributed by atoms with Crippen molar-refractivity contribution >= 4 is 45.4 Å². The first-order valence-corrected chi connectivity index (χ1v) is 11.3. The molecule has 1 aromatic carbocycles. The van der Waals surface area contributed by atoms with Gasteiger partial charge < -0.3 is 15.5 Å². The highest BCUT2D eigenvalue weighted by molar-refractivity contribution is 9.10. The van der Waals surface area contributed by atoms with Crippen LogP contribution in [0.4, 0.5) is 0 Å². The predicted molar refractivity (Wildman–Crippen MR) is 112 cm³/mol. The fourth-order valence-corrected chi connectivity index (χ4v) is 3.86. The van der Waals surface area contributed by atoms with Crippen LogP contribution in [0.3, 0.4) is 0 Å². The minimum atomic E-state index is -0.626. The fourth-order valence-electron chi connectivity index (χ4n) is 2.93. The molecule has 1 atom stereocenters. The molecule has 0 spiro atoms. The highest BCUT2D eigenvalue weighted by Gasteiger charge is 2.23. The molecule has 1 aliphatic heterocycles. The molecule has 8 heteroatoms. The van der Waals surface area contributed by atoms with Crippen molar-refractivity contribution in [3.8, 4) is 0 Å². The Morgan fingerprint density at radius 2 is 1.93 bits per heavy atom. The fraction of sp³-hybridized carbons (Fsp3) is 0.526. The van der Waals surface area contributed by atoms with Gasteiger partial charge in [-0.3, -0.25) is 14.4 Å². The lowest BCUT2D eigenvalue weighted by atomic mass is 10.1. The van der Waals surface area contributed by atoms with E-state index >= 15 is 0 Å². The summed E-state index contributed by atoms with van der Waals surface area (Å²) in [5, 5.41) is 5.61. The summed E-state index contributed by atoms with van der Waals surface area (Å²) in [5.41, 5.74) is 0.490. The molecule has 6 nitrogen and oxygen atoms in total. The summed E-state index contributed by atoms with van der Waals surface area (Å²) in [6.45, 7) is 1.91. The Balaban J connectivity index is 1.87. The van der Waals surface area contributed by atoms with Crippen molar-refractivity contribution in [2.75, 3.05) is 31.6 Å². The molecular formula is C19H26BrN3O3S. The molecule has 1 saturated heterocycles. The topological polar surface area (TPSA) is 78.5 Å². The monoisotopic (exact) mass is 455 g/mol. The van der Waals surface area contributed by atoms with Crippen molar-refractivity contribution in [3.05, 3.63) is 34.3 Å². The first-order chi connectivity index (χ1) is 13.0. The average molecular weight is 456 g/mol. The Kier molecular flexibility index (Phi) is 9.14. The van der Waals surface area contributed by atoms with Crippen LogP contribution in [0, 0.1) is 0 Å². The Hall–Kier alpha value is -1.54. The van der Waals surface area contributed by atoms with Crippen LogP contribution in [0.2, 0.25) is 0 Å². The first kappa shape index (κ1) is 21.8. The van der Waals surface area contributed by atoms with Gasteiger partial charge in [0.2, 0.25) is 11.8 Å². The number of carbonyl (C=O) groups is 3. The Morgan fingerprint density at radius 3 is 2.59 bits per heavy atom. The van der Waals surface area contributed by atoms with Gasteiger partial charge in [-0.15, -0.1) is 0 Å². The lowest BCUT2D eigenvalue weighted by Crippen LogP contribution is -2.47. The first-order valence-electron chi connectivity index (χ1n) is 9.12. The zero-order chi connectivity index (χ0) is 19.6. The summed E-state index contributed by atoms with van der Waals surface area (Å²) >= 11 is 4.98. The summed E-state index contributed by atoms with van der Waals surface area (Å²) in [5.74, 6) is 0.280. The molecule has 3 amide bonds. The molecule has 2 rings (SSSR count). The smallest absolute Gasteiger partial charge is 0.253 e. The number of thioether (sulfide) groups is 1. The number of benzene rings is 1. The maximum Gasteiger partial charge on any atom is 0.253 e. The van der Waals surface area contributed by atoms with Gasteiger partial charge in [-0.25, -0.2) is 0 Å². The number of nitrogens with one attached hydrogen (secondary N) is 2. The van der Waals surface area contributed by atoms with Crippen molar-refractivity contribution in [2.45, 2.75) is 31.7 Å². The van der Waals surface area contributed by atoms with Gasteiger partial charge >= 0.3 is 0 Å². The lowest BCUT2D eigenvalue weighted by Gasteiger charge is -2.19. The zero-order valence-electron chi connectivity index (χ0n) is 15.5. The van der Waals surface area contributed by atoms with E-state index in [0.29, 0.717) is 22.9 Å². The molecule has 2 N–H and O–H groups in total. The summed E-state index contributed by atoms with van der Waals surface area (Å²) in [6, 6.07) is 6.48. The van der Waals surface area contributed by atoms with Gasteiger partial charge in [0.1, 0.15) is 6.04 Å². The number of rotatable bonds is 9. The highest BCUT2D eigenvalue weighted by Crippen LogP contribution is 2.16. The van der Waals surface area contributed by atoms with Crippen molar-refractivity contribution < 1.29 is 14.4 Å². The molecule has 27 heavy (non-hydrogen) atoms. The van der Waals surface area contributed by atoms with E-state index in [-0.39, 0.29) is 24.3 Å². The Morgan fingerprint density at radius 1 is 1.22 bits per heavy atom. The van der Waals surface area contributed by atoms with Crippen molar-refractivity contribution in [3.63, 3.8) is 0 Å². The normalized spacial score (nSPS) is 14.7. The van der Waals surface area contributed by atoms with E-state index in [2.05, 4.69) is 26.6 Å². The Labute approximate surface area is 173 Å². The molecule has 1 heterocycles. The van der Waals surface area contributed by atoms with Gasteiger partial charge in [-0.05, 0) is 59.3 Å². The highest BCUT2D eigenvalue weighted by atomic mass is 79.9. The quantitative estimate of drug-likeness (QED) is 0.599. The van der Waals surface area contributed by atoms with Crippen LogP contribution in [0.5, 0.6) is 0 Å². The summed E-state index contributed by atoms with van der Waals surface area (Å²) in [6.07, 6.45) is 4.88. The Bertz CT molecular complexity index is 665. The molecule has 0 radical (unpaired) electrons. The average Bonchev–Trinajstić information content (AvgIpc) is 3.20. The van der Waals surface area contributed by atoms with Crippen LogP contribution < -0.4 is 10.6 Å². The van der Waals surface area contributed by atoms with Gasteiger partial charge in [-0.2, -0.15) is 11.8 Å². The maximum atomic E-state index is 12.5. The molecule has 0 bridgehead atoms. The van der Waals surface area contributed by atoms with E-state index in [4.69, 9.17) is 0 Å². The van der Waals surface area contributed by atoms with Gasteiger partial charge in [0.15, 0.2) is 0 Å². The summed E-state index contributed by atoms with van der Waals surface area (Å²) < 4.78 is 0.683. The molecule has 148 valence electrons. The molecular weight excluding hydrogens is 430 g/mol. The standard InChI is InChI=1S/C19H26BrN3O3S/c1-27-13-9-16(22-18(25)14-6-2-3-7-15(14)20)19(26)21-10-8-17(24)23-11-4-5-12-23/h2-3,6-7,16H,4-5,8-13H2,1H3,(H,21,26)(H,22,25)/t16-/m0/s1. The van der Waals surface area contributed by atoms with Gasteiger partial charge in [0.25, 0.3) is 5.91 Å². The summed E-state index contributed by atoms with van der Waals surface area (Å²) in [4.78, 5) is 38.9. The van der Waals surface area contributed by atoms with Crippen LogP contribution in [-0.2, 0) is 9.59 Å². The second-order valence-electron chi connectivity index (χ2n) is 6.42. The van der Waals surface area contributed by atoms with E-state index < -0.39 is 6.04 Å². The number of halogens is 1. The molecule has 0 unspecified atom stereocenters. The molecule has 0 aliphatic carbocycles. The van der Waals surface area contributed by atoms with Crippen LogP contribution in [-0.4, -0.2) is 60.3 Å². The number of likely N-dealkylation sites (tertiary alicyclic amines) is 1. The predicted octanol–water partition coefficient (Wildman–Crippen LogP) is 2.43. The molecule has 1 fully saturated rings. The van der Waals surface area contributed by atoms with Crippen LogP contribution >= 0.6 is 27.7 Å². The molecule has 1 aliphatic rings. The second-order valence-corrected chi connectivity index (χ2v) is 8.26. The largest absolute Gasteiger partial charge is 0.354 e. The van der Waals surface area contributed by atoms with Gasteiger partial charge in [0.05, 0.1) is 5.56 Å². The van der Waals surface area contributed by atoms with Crippen LogP contribution in [0.15, 0.2) is 28.7 Å². The van der Waals surface area contributed by atoms with E-state index in [1.165, 1.54) is 0 Å². The molecule has 1 aromatic rings. The third-order valence-corrected chi connectivity index (χ3v) is 5.78. The number of carbonyl (C=O) groups excluding carboxylic acids is 3. The number of amides is 3. The van der Waals surface area contributed by atoms with Crippen molar-refractivity contribution in [2.24, 2.45) is 0 Å². The van der Waals surface area contributed by atoms with E-state index in [1.54, 1.807) is 30.0 Å². The van der Waals surface area contributed by atoms with E-state index in [1.807, 2.05) is 17.2 Å². The van der Waals surface area contributed by atoms with Gasteiger partial charge in [-0.1, -0.05) is 12.1 Å².